The number of amides is 1. The molecule has 0 aliphatic heterocycles. The molecular formula is C17H14BrFN2O. The highest BCUT2D eigenvalue weighted by atomic mass is 79.9. The van der Waals surface area contributed by atoms with E-state index in [4.69, 9.17) is 0 Å². The number of benzene rings is 2. The van der Waals surface area contributed by atoms with Gasteiger partial charge in [0.15, 0.2) is 0 Å². The van der Waals surface area contributed by atoms with Gasteiger partial charge in [0.2, 0.25) is 5.91 Å². The van der Waals surface area contributed by atoms with Crippen LogP contribution in [0.2, 0.25) is 0 Å². The number of carbonyl (C=O) groups is 1. The van der Waals surface area contributed by atoms with E-state index in [0.29, 0.717) is 4.47 Å². The van der Waals surface area contributed by atoms with Gasteiger partial charge >= 0.3 is 0 Å². The van der Waals surface area contributed by atoms with E-state index < -0.39 is 5.82 Å². The Morgan fingerprint density at radius 1 is 1.27 bits per heavy atom. The Bertz CT molecular complexity index is 857. The number of carbonyl (C=O) groups excluding carboxylic acids is 1. The number of fused-ring (bicyclic) bond motifs is 1. The van der Waals surface area contributed by atoms with E-state index in [-0.39, 0.29) is 18.0 Å². The predicted octanol–water partition coefficient (Wildman–Crippen LogP) is 4.56. The van der Waals surface area contributed by atoms with Crippen molar-refractivity contribution in [3.63, 3.8) is 0 Å². The Morgan fingerprint density at radius 3 is 2.82 bits per heavy atom. The van der Waals surface area contributed by atoms with E-state index in [9.17, 15) is 9.18 Å². The van der Waals surface area contributed by atoms with Crippen molar-refractivity contribution in [2.45, 2.75) is 13.3 Å². The van der Waals surface area contributed by atoms with Gasteiger partial charge in [-0.3, -0.25) is 4.79 Å². The molecule has 2 N–H and O–H groups in total. The molecule has 0 aliphatic rings. The normalized spacial score (nSPS) is 10.9. The fraction of sp³-hybridized carbons (Fsp3) is 0.118. The molecule has 1 aromatic heterocycles. The van der Waals surface area contributed by atoms with Crippen LogP contribution in [-0.4, -0.2) is 10.9 Å². The summed E-state index contributed by atoms with van der Waals surface area (Å²) in [6.45, 7) is 1.93. The maximum Gasteiger partial charge on any atom is 0.228 e. The molecule has 2 aromatic carbocycles. The number of aromatic nitrogens is 1. The molecule has 0 unspecified atom stereocenters. The van der Waals surface area contributed by atoms with Gasteiger partial charge in [0.25, 0.3) is 0 Å². The van der Waals surface area contributed by atoms with Crippen LogP contribution in [0.3, 0.4) is 0 Å². The minimum Gasteiger partial charge on any atom is -0.358 e. The molecule has 0 saturated heterocycles. The van der Waals surface area contributed by atoms with E-state index in [0.717, 1.165) is 22.2 Å². The zero-order valence-corrected chi connectivity index (χ0v) is 13.5. The molecule has 0 saturated carbocycles. The largest absolute Gasteiger partial charge is 0.358 e. The summed E-state index contributed by atoms with van der Waals surface area (Å²) in [7, 11) is 0. The van der Waals surface area contributed by atoms with Gasteiger partial charge in [-0.2, -0.15) is 0 Å². The molecule has 0 radical (unpaired) electrons. The summed E-state index contributed by atoms with van der Waals surface area (Å²) in [5.41, 5.74) is 3.07. The summed E-state index contributed by atoms with van der Waals surface area (Å²) in [4.78, 5) is 15.5. The molecular weight excluding hydrogens is 347 g/mol. The molecule has 3 nitrogen and oxygen atoms in total. The van der Waals surface area contributed by atoms with Crippen LogP contribution in [0.5, 0.6) is 0 Å². The minimum atomic E-state index is -0.460. The fourth-order valence-corrected chi connectivity index (χ4v) is 2.84. The summed E-state index contributed by atoms with van der Waals surface area (Å²) in [5, 5.41) is 3.64. The third-order valence-electron chi connectivity index (χ3n) is 3.57. The molecule has 0 atom stereocenters. The van der Waals surface area contributed by atoms with E-state index >= 15 is 0 Å². The number of rotatable bonds is 3. The lowest BCUT2D eigenvalue weighted by molar-refractivity contribution is -0.115. The molecule has 0 fully saturated rings. The van der Waals surface area contributed by atoms with Crippen LogP contribution in [0.1, 0.15) is 11.3 Å². The highest BCUT2D eigenvalue weighted by molar-refractivity contribution is 9.10. The van der Waals surface area contributed by atoms with Crippen LogP contribution in [0.15, 0.2) is 46.9 Å². The lowest BCUT2D eigenvalue weighted by Crippen LogP contribution is -2.15. The van der Waals surface area contributed by atoms with Crippen molar-refractivity contribution >= 4 is 38.4 Å². The molecule has 0 spiro atoms. The Labute approximate surface area is 135 Å². The third kappa shape index (κ3) is 2.90. The van der Waals surface area contributed by atoms with Gasteiger partial charge in [-0.05, 0) is 36.8 Å². The van der Waals surface area contributed by atoms with Gasteiger partial charge in [0.1, 0.15) is 5.82 Å². The van der Waals surface area contributed by atoms with E-state index in [1.54, 1.807) is 12.1 Å². The van der Waals surface area contributed by atoms with Crippen molar-refractivity contribution in [2.75, 3.05) is 5.32 Å². The van der Waals surface area contributed by atoms with Crippen molar-refractivity contribution in [1.29, 1.82) is 0 Å². The van der Waals surface area contributed by atoms with Gasteiger partial charge < -0.3 is 10.3 Å². The number of para-hydroxylation sites is 1. The van der Waals surface area contributed by atoms with Crippen LogP contribution in [-0.2, 0) is 11.2 Å². The van der Waals surface area contributed by atoms with E-state index in [1.165, 1.54) is 6.07 Å². The fourth-order valence-electron chi connectivity index (χ4n) is 2.51. The molecule has 0 bridgehead atoms. The first-order valence-corrected chi connectivity index (χ1v) is 7.65. The standard InChI is InChI=1S/C17H14BrFN2O/c1-10-13(12-4-2-3-5-15(12)20-10)9-17(22)21-16-7-6-11(18)8-14(16)19/h2-8,20H,9H2,1H3,(H,21,22). The van der Waals surface area contributed by atoms with Crippen molar-refractivity contribution in [3.8, 4) is 0 Å². The number of hydrogen-bond acceptors (Lipinski definition) is 1. The third-order valence-corrected chi connectivity index (χ3v) is 4.06. The number of hydrogen-bond donors (Lipinski definition) is 2. The highest BCUT2D eigenvalue weighted by Crippen LogP contribution is 2.23. The number of H-pyrrole nitrogens is 1. The molecule has 0 aliphatic carbocycles. The molecule has 3 aromatic rings. The Balaban J connectivity index is 1.83. The van der Waals surface area contributed by atoms with Gasteiger partial charge in [-0.1, -0.05) is 34.1 Å². The van der Waals surface area contributed by atoms with Crippen LogP contribution in [0.25, 0.3) is 10.9 Å². The Kier molecular flexibility index (Phi) is 3.98. The summed E-state index contributed by atoms with van der Waals surface area (Å²) >= 11 is 3.19. The van der Waals surface area contributed by atoms with Crippen molar-refractivity contribution in [2.24, 2.45) is 0 Å². The number of anilines is 1. The van der Waals surface area contributed by atoms with Gasteiger partial charge in [-0.25, -0.2) is 4.39 Å². The molecule has 22 heavy (non-hydrogen) atoms. The van der Waals surface area contributed by atoms with Crippen LogP contribution in [0.4, 0.5) is 10.1 Å². The Morgan fingerprint density at radius 2 is 2.05 bits per heavy atom. The first-order chi connectivity index (χ1) is 10.5. The summed E-state index contributed by atoms with van der Waals surface area (Å²) in [6.07, 6.45) is 0.200. The van der Waals surface area contributed by atoms with Crippen molar-refractivity contribution in [1.82, 2.24) is 4.98 Å². The summed E-state index contributed by atoms with van der Waals surface area (Å²) < 4.78 is 14.4. The smallest absolute Gasteiger partial charge is 0.228 e. The van der Waals surface area contributed by atoms with Crippen molar-refractivity contribution < 1.29 is 9.18 Å². The van der Waals surface area contributed by atoms with E-state index in [1.807, 2.05) is 31.2 Å². The minimum absolute atomic E-state index is 0.186. The number of nitrogens with one attached hydrogen (secondary N) is 2. The lowest BCUT2D eigenvalue weighted by Gasteiger charge is -2.07. The zero-order chi connectivity index (χ0) is 15.7. The monoisotopic (exact) mass is 360 g/mol. The maximum atomic E-state index is 13.8. The average molecular weight is 361 g/mol. The zero-order valence-electron chi connectivity index (χ0n) is 11.9. The lowest BCUT2D eigenvalue weighted by atomic mass is 10.1. The maximum absolute atomic E-state index is 13.8. The summed E-state index contributed by atoms with van der Waals surface area (Å²) in [5.74, 6) is -0.701. The Hall–Kier alpha value is -2.14. The number of halogens is 2. The van der Waals surface area contributed by atoms with Gasteiger partial charge in [0, 0.05) is 21.1 Å². The highest BCUT2D eigenvalue weighted by Gasteiger charge is 2.13. The topological polar surface area (TPSA) is 44.9 Å². The van der Waals surface area contributed by atoms with Crippen LogP contribution >= 0.6 is 15.9 Å². The molecule has 1 amide bonds. The first kappa shape index (κ1) is 14.8. The number of aryl methyl sites for hydroxylation is 1. The van der Waals surface area contributed by atoms with Gasteiger partial charge in [0.05, 0.1) is 12.1 Å². The second-order valence-electron chi connectivity index (χ2n) is 5.12. The van der Waals surface area contributed by atoms with Crippen LogP contribution in [0, 0.1) is 12.7 Å². The summed E-state index contributed by atoms with van der Waals surface area (Å²) in [6, 6.07) is 12.4. The molecule has 112 valence electrons. The molecule has 3 rings (SSSR count). The predicted molar refractivity (Wildman–Crippen MR) is 89.5 cm³/mol. The SMILES string of the molecule is Cc1[nH]c2ccccc2c1CC(=O)Nc1ccc(Br)cc1F. The van der Waals surface area contributed by atoms with Gasteiger partial charge in [-0.15, -0.1) is 0 Å². The van der Waals surface area contributed by atoms with Crippen LogP contribution < -0.4 is 5.32 Å². The average Bonchev–Trinajstić information content (AvgIpc) is 2.78. The second kappa shape index (κ2) is 5.93. The first-order valence-electron chi connectivity index (χ1n) is 6.85. The van der Waals surface area contributed by atoms with Crippen molar-refractivity contribution in [3.05, 3.63) is 64.0 Å². The quantitative estimate of drug-likeness (QED) is 0.706. The number of aromatic amines is 1. The molecule has 1 heterocycles. The second-order valence-corrected chi connectivity index (χ2v) is 6.04. The molecule has 5 heteroatoms. The van der Waals surface area contributed by atoms with E-state index in [2.05, 4.69) is 26.2 Å².